The average molecular weight is 1160 g/mol. The maximum Gasteiger partial charge on any atom is 0.306 e. The fourth-order valence-corrected chi connectivity index (χ4v) is 9.61. The van der Waals surface area contributed by atoms with Crippen molar-refractivity contribution in [1.82, 2.24) is 0 Å². The molecule has 9 nitrogen and oxygen atoms in total. The predicted octanol–water partition coefficient (Wildman–Crippen LogP) is 19.9. The molecule has 0 radical (unpaired) electrons. The zero-order valence-electron chi connectivity index (χ0n) is 54.5. The minimum atomic E-state index is -1.62. The lowest BCUT2D eigenvalue weighted by atomic mass is 10.0. The quantitative estimate of drug-likeness (QED) is 0.0195. The second-order valence-electron chi connectivity index (χ2n) is 24.1. The molecule has 0 heterocycles. The lowest BCUT2D eigenvalue weighted by Gasteiger charge is -2.26. The number of rotatable bonds is 63. The molecule has 2 atom stereocenters. The van der Waals surface area contributed by atoms with Crippen LogP contribution in [0.25, 0.3) is 0 Å². The molecule has 0 aromatic carbocycles. The van der Waals surface area contributed by atoms with Crippen molar-refractivity contribution < 1.29 is 42.9 Å². The molecule has 0 aliphatic heterocycles. The first-order valence-corrected chi connectivity index (χ1v) is 34.4. The van der Waals surface area contributed by atoms with E-state index in [1.165, 1.54) is 173 Å². The molecule has 0 amide bonds. The average Bonchev–Trinajstić information content (AvgIpc) is 3.46. The highest BCUT2D eigenvalue weighted by molar-refractivity contribution is 5.70. The number of carboxylic acid groups (broad SMARTS) is 1. The molecule has 478 valence electrons. The number of hydrogen-bond donors (Lipinski definition) is 0. The molecule has 0 aliphatic rings. The normalized spacial score (nSPS) is 13.3. The number of ether oxygens (including phenoxy) is 4. The topological polar surface area (TPSA) is 111 Å². The summed E-state index contributed by atoms with van der Waals surface area (Å²) in [6.45, 7) is 4.67. The van der Waals surface area contributed by atoms with Gasteiger partial charge in [0.2, 0.25) is 0 Å². The summed E-state index contributed by atoms with van der Waals surface area (Å²) >= 11 is 0. The van der Waals surface area contributed by atoms with Gasteiger partial charge < -0.3 is 33.3 Å². The van der Waals surface area contributed by atoms with Crippen LogP contribution < -0.4 is 5.11 Å². The fourth-order valence-electron chi connectivity index (χ4n) is 9.61. The second-order valence-corrected chi connectivity index (χ2v) is 24.1. The third-order valence-electron chi connectivity index (χ3n) is 14.8. The molecule has 0 aromatic rings. The van der Waals surface area contributed by atoms with Crippen LogP contribution in [-0.4, -0.2) is 82.3 Å². The van der Waals surface area contributed by atoms with E-state index in [0.717, 1.165) is 89.9 Å². The van der Waals surface area contributed by atoms with Gasteiger partial charge in [0, 0.05) is 12.8 Å². The predicted molar refractivity (Wildman–Crippen MR) is 352 cm³/mol. The molecule has 9 heteroatoms. The number of esters is 2. The van der Waals surface area contributed by atoms with E-state index < -0.39 is 24.3 Å². The Bertz CT molecular complexity index is 1680. The number of quaternary nitrogens is 1. The van der Waals surface area contributed by atoms with Crippen LogP contribution >= 0.6 is 0 Å². The van der Waals surface area contributed by atoms with Crippen LogP contribution in [0, 0.1) is 0 Å². The smallest absolute Gasteiger partial charge is 0.306 e. The number of aliphatic carboxylic acids is 1. The number of hydrogen-bond acceptors (Lipinski definition) is 8. The van der Waals surface area contributed by atoms with Gasteiger partial charge in [-0.3, -0.25) is 9.59 Å². The van der Waals surface area contributed by atoms with Crippen molar-refractivity contribution in [3.63, 3.8) is 0 Å². The van der Waals surface area contributed by atoms with E-state index in [1.807, 2.05) is 21.1 Å². The summed E-state index contributed by atoms with van der Waals surface area (Å²) in [6.07, 6.45) is 84.8. The van der Waals surface area contributed by atoms with E-state index in [4.69, 9.17) is 18.9 Å². The first-order valence-electron chi connectivity index (χ1n) is 34.4. The maximum absolute atomic E-state index is 12.9. The molecule has 0 aliphatic carbocycles. The first-order chi connectivity index (χ1) is 40.6. The summed E-state index contributed by atoms with van der Waals surface area (Å²) in [6, 6.07) is 0. The zero-order chi connectivity index (χ0) is 60.5. The van der Waals surface area contributed by atoms with E-state index >= 15 is 0 Å². The fraction of sp³-hybridized carbons (Fsp3) is 0.743. The van der Waals surface area contributed by atoms with Crippen molar-refractivity contribution in [2.45, 2.75) is 309 Å². The van der Waals surface area contributed by atoms with E-state index in [9.17, 15) is 19.5 Å². The molecule has 0 spiro atoms. The summed E-state index contributed by atoms with van der Waals surface area (Å²) in [7, 11) is 5.93. The minimum Gasteiger partial charge on any atom is -0.545 e. The highest BCUT2D eigenvalue weighted by Gasteiger charge is 2.22. The van der Waals surface area contributed by atoms with Crippen LogP contribution in [0.1, 0.15) is 296 Å². The van der Waals surface area contributed by atoms with E-state index in [1.54, 1.807) is 0 Å². The van der Waals surface area contributed by atoms with Crippen LogP contribution in [0.2, 0.25) is 0 Å². The summed E-state index contributed by atoms with van der Waals surface area (Å²) in [5.41, 5.74) is 0. The molecule has 0 saturated heterocycles. The van der Waals surface area contributed by atoms with Gasteiger partial charge in [0.15, 0.2) is 12.4 Å². The molecule has 0 aromatic heterocycles. The van der Waals surface area contributed by atoms with Gasteiger partial charge in [0.05, 0.1) is 40.3 Å². The molecule has 0 saturated carbocycles. The van der Waals surface area contributed by atoms with E-state index in [0.29, 0.717) is 23.9 Å². The first kappa shape index (κ1) is 79.2. The van der Waals surface area contributed by atoms with Gasteiger partial charge in [0.25, 0.3) is 0 Å². The summed E-state index contributed by atoms with van der Waals surface area (Å²) in [5.74, 6) is -2.27. The molecule has 0 N–H and O–H groups in total. The SMILES string of the molecule is CC/C=C\C/C=C\C/C=C\C/C=C\C/C=C\C/C=C\C/C=C\C/C=C\CCCCCCCCCCCCCCC(=O)OC(COC(=O)CCCCCCCCCCCCCCCCCCCCCCC)COC(OCC[N+](C)(C)C)C(=O)[O-]. The van der Waals surface area contributed by atoms with Gasteiger partial charge in [0.1, 0.15) is 13.2 Å². The molecule has 0 fully saturated rings. The Kier molecular flexibility index (Phi) is 61.3. The Hall–Kier alpha value is -3.79. The highest BCUT2D eigenvalue weighted by Crippen LogP contribution is 2.17. The maximum atomic E-state index is 12.9. The number of carboxylic acids is 1. The molecular formula is C74H129NO8. The van der Waals surface area contributed by atoms with Crippen molar-refractivity contribution in [3.05, 3.63) is 97.2 Å². The molecular weight excluding hydrogens is 1030 g/mol. The zero-order valence-corrected chi connectivity index (χ0v) is 54.5. The third kappa shape index (κ3) is 65.6. The Labute approximate surface area is 512 Å². The van der Waals surface area contributed by atoms with Gasteiger partial charge in [-0.1, -0.05) is 304 Å². The van der Waals surface area contributed by atoms with Crippen molar-refractivity contribution >= 4 is 17.9 Å². The largest absolute Gasteiger partial charge is 0.545 e. The third-order valence-corrected chi connectivity index (χ3v) is 14.8. The number of nitrogens with zero attached hydrogens (tertiary/aromatic N) is 1. The summed E-state index contributed by atoms with van der Waals surface area (Å²) < 4.78 is 22.8. The monoisotopic (exact) mass is 1160 g/mol. The standard InChI is InChI=1S/C74H129NO8/c1-6-8-10-12-14-16-18-20-22-24-26-28-29-30-31-32-33-34-35-36-37-38-39-40-41-42-43-45-47-49-51-53-55-57-59-61-63-65-72(77)83-70(69-82-74(73(78)79)80-67-66-75(3,4)5)68-81-71(76)64-62-60-58-56-54-52-50-48-46-44-27-25-23-21-19-17-15-13-11-9-7-2/h8,10,14,16,20,22,26,28,30-31,33-34,36-37,39-40,70,74H,6-7,9,11-13,15,17-19,21,23-25,27,29,32,35,38,41-69H2,1-5H3/b10-8-,16-14-,22-20-,28-26-,31-30-,34-33-,37-36-,40-39-. The van der Waals surface area contributed by atoms with E-state index in [-0.39, 0.29) is 32.2 Å². The van der Waals surface area contributed by atoms with Crippen molar-refractivity contribution in [1.29, 1.82) is 0 Å². The Morgan fingerprint density at radius 3 is 1.02 bits per heavy atom. The van der Waals surface area contributed by atoms with Crippen molar-refractivity contribution in [3.8, 4) is 0 Å². The van der Waals surface area contributed by atoms with Gasteiger partial charge in [-0.2, -0.15) is 0 Å². The Morgan fingerprint density at radius 2 is 0.687 bits per heavy atom. The lowest BCUT2D eigenvalue weighted by Crippen LogP contribution is -2.44. The van der Waals surface area contributed by atoms with Crippen LogP contribution in [0.3, 0.4) is 0 Å². The van der Waals surface area contributed by atoms with Gasteiger partial charge in [-0.15, -0.1) is 0 Å². The summed E-state index contributed by atoms with van der Waals surface area (Å²) in [4.78, 5) is 37.4. The van der Waals surface area contributed by atoms with Gasteiger partial charge >= 0.3 is 11.9 Å². The van der Waals surface area contributed by atoms with Crippen LogP contribution in [0.4, 0.5) is 0 Å². The number of carbonyl (C=O) groups excluding carboxylic acids is 3. The minimum absolute atomic E-state index is 0.146. The van der Waals surface area contributed by atoms with Crippen LogP contribution in [0.15, 0.2) is 97.2 Å². The number of carbonyl (C=O) groups is 3. The second kappa shape index (κ2) is 64.2. The molecule has 0 rings (SSSR count). The van der Waals surface area contributed by atoms with Crippen LogP contribution in [0.5, 0.6) is 0 Å². The lowest BCUT2D eigenvalue weighted by molar-refractivity contribution is -0.870. The Morgan fingerprint density at radius 1 is 0.373 bits per heavy atom. The number of unbranched alkanes of at least 4 members (excludes halogenated alkanes) is 32. The van der Waals surface area contributed by atoms with Crippen LogP contribution in [-0.2, 0) is 33.3 Å². The van der Waals surface area contributed by atoms with Gasteiger partial charge in [-0.05, 0) is 77.0 Å². The molecule has 0 bridgehead atoms. The van der Waals surface area contributed by atoms with Gasteiger partial charge in [-0.25, -0.2) is 0 Å². The molecule has 2 unspecified atom stereocenters. The summed E-state index contributed by atoms with van der Waals surface area (Å²) in [5, 5.41) is 11.8. The van der Waals surface area contributed by atoms with Crippen molar-refractivity contribution in [2.24, 2.45) is 0 Å². The highest BCUT2D eigenvalue weighted by atomic mass is 16.7. The van der Waals surface area contributed by atoms with E-state index in [2.05, 4.69) is 111 Å². The number of likely N-dealkylation sites (N-methyl/N-ethyl adjacent to an activating group) is 1. The Balaban J connectivity index is 4.12. The van der Waals surface area contributed by atoms with Crippen molar-refractivity contribution in [2.75, 3.05) is 47.5 Å². The molecule has 83 heavy (non-hydrogen) atoms. The number of allylic oxidation sites excluding steroid dienone is 16.